The summed E-state index contributed by atoms with van der Waals surface area (Å²) in [6.07, 6.45) is 1.91. The van der Waals surface area contributed by atoms with E-state index in [2.05, 4.69) is 0 Å². The van der Waals surface area contributed by atoms with Crippen LogP contribution >= 0.6 is 11.8 Å². The minimum absolute atomic E-state index is 0.676. The van der Waals surface area contributed by atoms with Gasteiger partial charge in [0.15, 0.2) is 0 Å². The van der Waals surface area contributed by atoms with Crippen molar-refractivity contribution in [3.05, 3.63) is 29.3 Å². The third-order valence-electron chi connectivity index (χ3n) is 1.99. The Morgan fingerprint density at radius 1 is 1.57 bits per heavy atom. The Hall–Kier alpha value is -1.00. The fourth-order valence-corrected chi connectivity index (χ4v) is 1.94. The molecule has 1 aromatic rings. The minimum Gasteiger partial charge on any atom is -0.480 e. The van der Waals surface area contributed by atoms with Crippen molar-refractivity contribution in [3.63, 3.8) is 0 Å². The second-order valence-corrected chi connectivity index (χ2v) is 3.91. The highest BCUT2D eigenvalue weighted by Gasteiger charge is 2.17. The molecule has 0 radical (unpaired) electrons. The molecule has 0 bridgehead atoms. The van der Waals surface area contributed by atoms with Crippen LogP contribution in [0.4, 0.5) is 0 Å². The maximum atomic E-state index is 10.7. The number of thioether (sulfide) groups is 1. The lowest BCUT2D eigenvalue weighted by Crippen LogP contribution is -2.21. The molecule has 0 heterocycles. The summed E-state index contributed by atoms with van der Waals surface area (Å²) in [6.45, 7) is 1.97. The summed E-state index contributed by atoms with van der Waals surface area (Å²) in [7, 11) is 0. The summed E-state index contributed by atoms with van der Waals surface area (Å²) < 4.78 is 0. The number of benzene rings is 1. The fraction of sp³-hybridized carbons (Fsp3) is 0.300. The van der Waals surface area contributed by atoms with Crippen molar-refractivity contribution in [3.8, 4) is 0 Å². The third-order valence-corrected chi connectivity index (χ3v) is 2.78. The van der Waals surface area contributed by atoms with Gasteiger partial charge in [-0.2, -0.15) is 0 Å². The predicted molar refractivity (Wildman–Crippen MR) is 57.5 cm³/mol. The number of carbonyl (C=O) groups is 1. The van der Waals surface area contributed by atoms with E-state index >= 15 is 0 Å². The van der Waals surface area contributed by atoms with Crippen LogP contribution in [0.1, 0.15) is 17.2 Å². The Morgan fingerprint density at radius 3 is 2.71 bits per heavy atom. The molecule has 4 heteroatoms. The van der Waals surface area contributed by atoms with Crippen LogP contribution in [-0.4, -0.2) is 17.3 Å². The first kappa shape index (κ1) is 11.1. The van der Waals surface area contributed by atoms with Gasteiger partial charge in [-0.05, 0) is 30.4 Å². The van der Waals surface area contributed by atoms with Crippen LogP contribution < -0.4 is 5.73 Å². The molecule has 76 valence electrons. The summed E-state index contributed by atoms with van der Waals surface area (Å²) in [5, 5.41) is 8.79. The standard InChI is InChI=1S/C10H13NO2S/c1-6-3-4-7(8(5-6)14-2)9(11)10(12)13/h3-5,9H,11H2,1-2H3,(H,12,13). The van der Waals surface area contributed by atoms with E-state index in [-0.39, 0.29) is 0 Å². The Morgan fingerprint density at radius 2 is 2.21 bits per heavy atom. The van der Waals surface area contributed by atoms with E-state index in [1.54, 1.807) is 6.07 Å². The van der Waals surface area contributed by atoms with Gasteiger partial charge < -0.3 is 10.8 Å². The van der Waals surface area contributed by atoms with Crippen molar-refractivity contribution in [2.75, 3.05) is 6.26 Å². The van der Waals surface area contributed by atoms with Gasteiger partial charge in [0.2, 0.25) is 0 Å². The van der Waals surface area contributed by atoms with Crippen molar-refractivity contribution in [1.82, 2.24) is 0 Å². The molecule has 1 unspecified atom stereocenters. The Bertz CT molecular complexity index is 352. The second kappa shape index (κ2) is 4.48. The van der Waals surface area contributed by atoms with Crippen LogP contribution in [0.3, 0.4) is 0 Å². The van der Waals surface area contributed by atoms with Crippen LogP contribution in [0.5, 0.6) is 0 Å². The lowest BCUT2D eigenvalue weighted by atomic mass is 10.1. The van der Waals surface area contributed by atoms with E-state index in [0.717, 1.165) is 10.5 Å². The smallest absolute Gasteiger partial charge is 0.325 e. The van der Waals surface area contributed by atoms with Crippen molar-refractivity contribution >= 4 is 17.7 Å². The Balaban J connectivity index is 3.13. The van der Waals surface area contributed by atoms with Gasteiger partial charge >= 0.3 is 5.97 Å². The number of hydrogen-bond donors (Lipinski definition) is 2. The van der Waals surface area contributed by atoms with Crippen LogP contribution in [-0.2, 0) is 4.79 Å². The minimum atomic E-state index is -0.996. The molecule has 0 aliphatic rings. The Kier molecular flexibility index (Phi) is 3.55. The van der Waals surface area contributed by atoms with Crippen molar-refractivity contribution in [1.29, 1.82) is 0 Å². The van der Waals surface area contributed by atoms with E-state index in [1.165, 1.54) is 11.8 Å². The van der Waals surface area contributed by atoms with Gasteiger partial charge in [-0.25, -0.2) is 0 Å². The molecular formula is C10H13NO2S. The predicted octanol–water partition coefficient (Wildman–Crippen LogP) is 1.80. The SMILES string of the molecule is CSc1cc(C)ccc1C(N)C(=O)O. The van der Waals surface area contributed by atoms with Gasteiger partial charge in [-0.15, -0.1) is 11.8 Å². The summed E-state index contributed by atoms with van der Waals surface area (Å²) in [6, 6.07) is 4.67. The number of aliphatic carboxylic acids is 1. The van der Waals surface area contributed by atoms with Gasteiger partial charge in [0.1, 0.15) is 6.04 Å². The molecule has 0 aromatic heterocycles. The van der Waals surface area contributed by atoms with E-state index < -0.39 is 12.0 Å². The van der Waals surface area contributed by atoms with Gasteiger partial charge in [0, 0.05) is 4.90 Å². The van der Waals surface area contributed by atoms with Crippen LogP contribution in [0.25, 0.3) is 0 Å². The first-order chi connectivity index (χ1) is 6.56. The number of hydrogen-bond acceptors (Lipinski definition) is 3. The number of nitrogens with two attached hydrogens (primary N) is 1. The molecule has 0 saturated heterocycles. The van der Waals surface area contributed by atoms with E-state index in [9.17, 15) is 4.79 Å². The van der Waals surface area contributed by atoms with Crippen molar-refractivity contribution in [2.24, 2.45) is 5.73 Å². The largest absolute Gasteiger partial charge is 0.480 e. The Labute approximate surface area is 87.3 Å². The molecule has 0 aliphatic heterocycles. The van der Waals surface area contributed by atoms with E-state index in [4.69, 9.17) is 10.8 Å². The molecule has 3 nitrogen and oxygen atoms in total. The van der Waals surface area contributed by atoms with Gasteiger partial charge in [-0.1, -0.05) is 12.1 Å². The first-order valence-electron chi connectivity index (χ1n) is 4.19. The number of carboxylic acid groups (broad SMARTS) is 1. The first-order valence-corrected chi connectivity index (χ1v) is 5.41. The quantitative estimate of drug-likeness (QED) is 0.748. The van der Waals surface area contributed by atoms with Crippen molar-refractivity contribution < 1.29 is 9.90 Å². The molecule has 0 saturated carbocycles. The summed E-state index contributed by atoms with van der Waals surface area (Å²) in [4.78, 5) is 11.6. The fourth-order valence-electron chi connectivity index (χ4n) is 1.21. The van der Waals surface area contributed by atoms with Crippen molar-refractivity contribution in [2.45, 2.75) is 17.9 Å². The van der Waals surface area contributed by atoms with Crippen LogP contribution in [0, 0.1) is 6.92 Å². The molecule has 0 fully saturated rings. The van der Waals surface area contributed by atoms with Crippen LogP contribution in [0.2, 0.25) is 0 Å². The highest BCUT2D eigenvalue weighted by Crippen LogP contribution is 2.25. The number of aryl methyl sites for hydroxylation is 1. The van der Waals surface area contributed by atoms with Gasteiger partial charge in [-0.3, -0.25) is 4.79 Å². The summed E-state index contributed by atoms with van der Waals surface area (Å²) in [5.41, 5.74) is 7.33. The average Bonchev–Trinajstić information content (AvgIpc) is 2.16. The van der Waals surface area contributed by atoms with Gasteiger partial charge in [0.05, 0.1) is 0 Å². The second-order valence-electron chi connectivity index (χ2n) is 3.06. The van der Waals surface area contributed by atoms with E-state index in [1.807, 2.05) is 25.3 Å². The molecule has 0 spiro atoms. The average molecular weight is 211 g/mol. The maximum absolute atomic E-state index is 10.7. The highest BCUT2D eigenvalue weighted by molar-refractivity contribution is 7.98. The molecule has 14 heavy (non-hydrogen) atoms. The van der Waals surface area contributed by atoms with Gasteiger partial charge in [0.25, 0.3) is 0 Å². The molecule has 0 aliphatic carbocycles. The topological polar surface area (TPSA) is 63.3 Å². The molecule has 1 atom stereocenters. The highest BCUT2D eigenvalue weighted by atomic mass is 32.2. The molecule has 3 N–H and O–H groups in total. The zero-order chi connectivity index (χ0) is 10.7. The number of carboxylic acids is 1. The van der Waals surface area contributed by atoms with E-state index in [0.29, 0.717) is 5.56 Å². The normalized spacial score (nSPS) is 12.5. The molecule has 0 amide bonds. The molecule has 1 aromatic carbocycles. The third kappa shape index (κ3) is 2.27. The maximum Gasteiger partial charge on any atom is 0.325 e. The lowest BCUT2D eigenvalue weighted by molar-refractivity contribution is -0.138. The monoisotopic (exact) mass is 211 g/mol. The van der Waals surface area contributed by atoms with Crippen LogP contribution in [0.15, 0.2) is 23.1 Å². The lowest BCUT2D eigenvalue weighted by Gasteiger charge is -2.11. The zero-order valence-corrected chi connectivity index (χ0v) is 8.97. The summed E-state index contributed by atoms with van der Waals surface area (Å²) >= 11 is 1.51. The zero-order valence-electron chi connectivity index (χ0n) is 8.15. The number of rotatable bonds is 3. The molecule has 1 rings (SSSR count). The summed E-state index contributed by atoms with van der Waals surface area (Å²) in [5.74, 6) is -0.996. The molecular weight excluding hydrogens is 198 g/mol.